The maximum Gasteiger partial charge on any atom is 0.336 e. The first-order valence-corrected chi connectivity index (χ1v) is 9.16. The molecule has 2 nitrogen and oxygen atoms in total. The van der Waals surface area contributed by atoms with E-state index in [1.165, 1.54) is 0 Å². The maximum atomic E-state index is 11.4. The highest BCUT2D eigenvalue weighted by Crippen LogP contribution is 2.49. The summed E-state index contributed by atoms with van der Waals surface area (Å²) in [6, 6.07) is 6.88. The number of carboxylic acids is 1. The highest BCUT2D eigenvalue weighted by molar-refractivity contribution is 9.15. The molecule has 104 valence electrons. The van der Waals surface area contributed by atoms with Gasteiger partial charge in [-0.15, -0.1) is 0 Å². The molecule has 2 aromatic carbocycles. The number of hydrogen-bond acceptors (Lipinski definition) is 1. The zero-order valence-electron chi connectivity index (χ0n) is 9.55. The third kappa shape index (κ3) is 2.92. The van der Waals surface area contributed by atoms with Crippen molar-refractivity contribution >= 4 is 85.6 Å². The summed E-state index contributed by atoms with van der Waals surface area (Å²) in [7, 11) is 0. The maximum absolute atomic E-state index is 11.4. The third-order valence-corrected chi connectivity index (χ3v) is 8.73. The zero-order chi connectivity index (χ0) is 15.0. The molecule has 0 atom stereocenters. The van der Waals surface area contributed by atoms with E-state index in [4.69, 9.17) is 0 Å². The minimum absolute atomic E-state index is 0.245. The molecule has 2 rings (SSSR count). The monoisotopic (exact) mass is 588 g/mol. The van der Waals surface area contributed by atoms with Crippen LogP contribution in [0.3, 0.4) is 0 Å². The van der Waals surface area contributed by atoms with E-state index < -0.39 is 5.97 Å². The van der Waals surface area contributed by atoms with Gasteiger partial charge in [-0.1, -0.05) is 18.2 Å². The number of rotatable bonds is 2. The van der Waals surface area contributed by atoms with Gasteiger partial charge in [-0.2, -0.15) is 0 Å². The highest BCUT2D eigenvalue weighted by Gasteiger charge is 2.22. The molecule has 0 saturated carbocycles. The number of carboxylic acid groups (broad SMARTS) is 1. The molecule has 0 heterocycles. The minimum atomic E-state index is -0.963. The standard InChI is InChI=1S/C13H5Br5O2/c14-8-7(9(15)11(17)12(18)10(8)16)5-3-1-2-4-6(5)13(19)20/h1-4H,(H,19,20). The number of halogens is 5. The lowest BCUT2D eigenvalue weighted by Gasteiger charge is -2.15. The van der Waals surface area contributed by atoms with Crippen LogP contribution in [-0.4, -0.2) is 11.1 Å². The predicted octanol–water partition coefficient (Wildman–Crippen LogP) is 6.86. The van der Waals surface area contributed by atoms with Gasteiger partial charge in [0.2, 0.25) is 0 Å². The molecular formula is C13H5Br5O2. The van der Waals surface area contributed by atoms with Crippen molar-refractivity contribution in [2.24, 2.45) is 0 Å². The molecule has 0 fully saturated rings. The lowest BCUT2D eigenvalue weighted by Crippen LogP contribution is -2.00. The van der Waals surface area contributed by atoms with Crippen LogP contribution < -0.4 is 0 Å². The molecular weight excluding hydrogens is 588 g/mol. The van der Waals surface area contributed by atoms with E-state index in [9.17, 15) is 9.90 Å². The topological polar surface area (TPSA) is 37.3 Å². The Hall–Kier alpha value is 0.310. The molecule has 0 aliphatic carbocycles. The molecule has 0 radical (unpaired) electrons. The molecule has 0 unspecified atom stereocenters. The van der Waals surface area contributed by atoms with Crippen LogP contribution in [0.25, 0.3) is 11.1 Å². The molecule has 0 spiro atoms. The van der Waals surface area contributed by atoms with E-state index >= 15 is 0 Å². The van der Waals surface area contributed by atoms with Gasteiger partial charge in [0.15, 0.2) is 0 Å². The Morgan fingerprint density at radius 3 is 1.75 bits per heavy atom. The summed E-state index contributed by atoms with van der Waals surface area (Å²) in [6.45, 7) is 0. The van der Waals surface area contributed by atoms with E-state index in [1.807, 2.05) is 6.07 Å². The first-order chi connectivity index (χ1) is 9.36. The van der Waals surface area contributed by atoms with Gasteiger partial charge in [-0.25, -0.2) is 4.79 Å². The second kappa shape index (κ2) is 6.60. The first-order valence-electron chi connectivity index (χ1n) is 5.20. The third-order valence-electron chi connectivity index (χ3n) is 2.64. The van der Waals surface area contributed by atoms with Gasteiger partial charge in [0.1, 0.15) is 0 Å². The average molecular weight is 593 g/mol. The van der Waals surface area contributed by atoms with Gasteiger partial charge < -0.3 is 5.11 Å². The summed E-state index contributed by atoms with van der Waals surface area (Å²) in [5, 5.41) is 9.34. The lowest BCUT2D eigenvalue weighted by atomic mass is 10.00. The van der Waals surface area contributed by atoms with Gasteiger partial charge in [-0.05, 0) is 91.3 Å². The molecule has 0 saturated heterocycles. The summed E-state index contributed by atoms with van der Waals surface area (Å²) in [4.78, 5) is 11.4. The van der Waals surface area contributed by atoms with Crippen LogP contribution in [0.4, 0.5) is 0 Å². The van der Waals surface area contributed by atoms with Gasteiger partial charge >= 0.3 is 5.97 Å². The Morgan fingerprint density at radius 2 is 1.25 bits per heavy atom. The van der Waals surface area contributed by atoms with E-state index in [1.54, 1.807) is 18.2 Å². The smallest absolute Gasteiger partial charge is 0.336 e. The van der Waals surface area contributed by atoms with Crippen LogP contribution in [0.15, 0.2) is 46.6 Å². The number of hydrogen-bond donors (Lipinski definition) is 1. The number of aromatic carboxylic acids is 1. The first kappa shape index (κ1) is 16.7. The molecule has 2 aromatic rings. The van der Waals surface area contributed by atoms with Crippen molar-refractivity contribution in [3.63, 3.8) is 0 Å². The van der Waals surface area contributed by atoms with Gasteiger partial charge in [0.05, 0.1) is 5.56 Å². The SMILES string of the molecule is O=C(O)c1ccccc1-c1c(Br)c(Br)c(Br)c(Br)c1Br. The minimum Gasteiger partial charge on any atom is -0.478 e. The van der Waals surface area contributed by atoms with Crippen LogP contribution in [0.5, 0.6) is 0 Å². The zero-order valence-corrected chi connectivity index (χ0v) is 17.5. The lowest BCUT2D eigenvalue weighted by molar-refractivity contribution is 0.0697. The van der Waals surface area contributed by atoms with E-state index in [2.05, 4.69) is 79.6 Å². The Kier molecular flexibility index (Phi) is 5.51. The Balaban J connectivity index is 2.88. The fraction of sp³-hybridized carbons (Fsp3) is 0. The van der Waals surface area contributed by atoms with Crippen molar-refractivity contribution in [3.05, 3.63) is 52.2 Å². The van der Waals surface area contributed by atoms with Gasteiger partial charge in [-0.3, -0.25) is 0 Å². The van der Waals surface area contributed by atoms with Crippen molar-refractivity contribution in [1.29, 1.82) is 0 Å². The predicted molar refractivity (Wildman–Crippen MR) is 97.3 cm³/mol. The number of benzene rings is 2. The summed E-state index contributed by atoms with van der Waals surface area (Å²) >= 11 is 17.5. The van der Waals surface area contributed by atoms with Crippen LogP contribution in [-0.2, 0) is 0 Å². The summed E-state index contributed by atoms with van der Waals surface area (Å²) in [5.74, 6) is -0.963. The second-order valence-electron chi connectivity index (χ2n) is 3.80. The second-order valence-corrected chi connectivity index (χ2v) is 7.76. The molecule has 7 heteroatoms. The largest absolute Gasteiger partial charge is 0.478 e. The van der Waals surface area contributed by atoms with E-state index in [-0.39, 0.29) is 5.56 Å². The number of carbonyl (C=O) groups is 1. The fourth-order valence-electron chi connectivity index (χ4n) is 1.73. The van der Waals surface area contributed by atoms with Crippen LogP contribution in [0.1, 0.15) is 10.4 Å². The molecule has 20 heavy (non-hydrogen) atoms. The average Bonchev–Trinajstić information content (AvgIpc) is 2.43. The van der Waals surface area contributed by atoms with Crippen molar-refractivity contribution < 1.29 is 9.90 Å². The molecule has 0 aliphatic rings. The summed E-state index contributed by atoms with van der Waals surface area (Å²) < 4.78 is 4.00. The van der Waals surface area contributed by atoms with Crippen LogP contribution in [0.2, 0.25) is 0 Å². The van der Waals surface area contributed by atoms with Gasteiger partial charge in [0.25, 0.3) is 0 Å². The van der Waals surface area contributed by atoms with Crippen LogP contribution in [0, 0.1) is 0 Å². The molecule has 0 bridgehead atoms. The van der Waals surface area contributed by atoms with Gasteiger partial charge in [0, 0.05) is 27.9 Å². The molecule has 1 N–H and O–H groups in total. The van der Waals surface area contributed by atoms with E-state index in [0.29, 0.717) is 5.56 Å². The fourth-order valence-corrected chi connectivity index (χ4v) is 5.20. The van der Waals surface area contributed by atoms with E-state index in [0.717, 1.165) is 27.9 Å². The van der Waals surface area contributed by atoms with Crippen molar-refractivity contribution in [1.82, 2.24) is 0 Å². The van der Waals surface area contributed by atoms with Crippen LogP contribution >= 0.6 is 79.6 Å². The summed E-state index contributed by atoms with van der Waals surface area (Å²) in [5.41, 5.74) is 1.65. The molecule has 0 aromatic heterocycles. The highest BCUT2D eigenvalue weighted by atomic mass is 79.9. The Labute approximate surface area is 157 Å². The van der Waals surface area contributed by atoms with Crippen molar-refractivity contribution in [2.45, 2.75) is 0 Å². The molecule has 0 aliphatic heterocycles. The Bertz CT molecular complexity index is 683. The molecule has 0 amide bonds. The summed E-state index contributed by atoms with van der Waals surface area (Å²) in [6.07, 6.45) is 0. The quantitative estimate of drug-likeness (QED) is 0.306. The Morgan fingerprint density at radius 1 is 0.800 bits per heavy atom. The van der Waals surface area contributed by atoms with Crippen molar-refractivity contribution in [3.8, 4) is 11.1 Å². The normalized spacial score (nSPS) is 10.7. The van der Waals surface area contributed by atoms with Crippen molar-refractivity contribution in [2.75, 3.05) is 0 Å².